The molecular weight excluding hydrogens is 218 g/mol. The van der Waals surface area contributed by atoms with Gasteiger partial charge in [-0.05, 0) is 25.7 Å². The van der Waals surface area contributed by atoms with Crippen molar-refractivity contribution in [2.24, 2.45) is 5.92 Å². The van der Waals surface area contributed by atoms with Gasteiger partial charge >= 0.3 is 5.97 Å². The Bertz CT molecular complexity index is 405. The lowest BCUT2D eigenvalue weighted by molar-refractivity contribution is 0.0690. The maximum absolute atomic E-state index is 10.7. The molecule has 1 fully saturated rings. The monoisotopic (exact) mass is 235 g/mol. The fourth-order valence-electron chi connectivity index (χ4n) is 2.24. The van der Waals surface area contributed by atoms with Gasteiger partial charge in [-0.2, -0.15) is 0 Å². The fraction of sp³-hybridized carbons (Fsp3) is 0.583. The largest absolute Gasteiger partial charge is 0.476 e. The second-order valence-electron chi connectivity index (χ2n) is 4.62. The molecule has 1 aromatic rings. The van der Waals surface area contributed by atoms with Crippen LogP contribution in [0.5, 0.6) is 0 Å². The number of nitrogens with zero attached hydrogens (tertiary/aromatic N) is 3. The van der Waals surface area contributed by atoms with Crippen LogP contribution in [0.4, 0.5) is 5.82 Å². The number of aromatic nitrogens is 2. The summed E-state index contributed by atoms with van der Waals surface area (Å²) in [5, 5.41) is 8.76. The van der Waals surface area contributed by atoms with Crippen molar-refractivity contribution in [1.29, 1.82) is 0 Å². The van der Waals surface area contributed by atoms with Crippen LogP contribution in [0.1, 0.15) is 37.2 Å². The Labute approximate surface area is 100 Å². The number of carboxylic acid groups (broad SMARTS) is 1. The first-order valence-electron chi connectivity index (χ1n) is 5.91. The third-order valence-electron chi connectivity index (χ3n) is 3.53. The fourth-order valence-corrected chi connectivity index (χ4v) is 2.24. The SMILES string of the molecule is CC1CCCN(c2cnc(C(=O)O)cn2)C1C. The lowest BCUT2D eigenvalue weighted by atomic mass is 9.92. The van der Waals surface area contributed by atoms with Crippen molar-refractivity contribution in [2.75, 3.05) is 11.4 Å². The van der Waals surface area contributed by atoms with Gasteiger partial charge in [0.2, 0.25) is 0 Å². The van der Waals surface area contributed by atoms with E-state index in [4.69, 9.17) is 5.11 Å². The maximum Gasteiger partial charge on any atom is 0.356 e. The van der Waals surface area contributed by atoms with Crippen molar-refractivity contribution in [2.45, 2.75) is 32.7 Å². The van der Waals surface area contributed by atoms with Crippen LogP contribution in [0.25, 0.3) is 0 Å². The molecule has 5 nitrogen and oxygen atoms in total. The summed E-state index contributed by atoms with van der Waals surface area (Å²) in [6.45, 7) is 5.37. The minimum absolute atomic E-state index is 0.00791. The zero-order chi connectivity index (χ0) is 12.4. The van der Waals surface area contributed by atoms with Gasteiger partial charge in [0, 0.05) is 12.6 Å². The van der Waals surface area contributed by atoms with E-state index in [1.165, 1.54) is 12.6 Å². The molecule has 1 aliphatic rings. The summed E-state index contributed by atoms with van der Waals surface area (Å²) in [5.74, 6) is 0.364. The molecule has 0 radical (unpaired) electrons. The van der Waals surface area contributed by atoms with E-state index in [1.807, 2.05) is 0 Å². The molecule has 17 heavy (non-hydrogen) atoms. The van der Waals surface area contributed by atoms with Crippen LogP contribution in [0.2, 0.25) is 0 Å². The van der Waals surface area contributed by atoms with Gasteiger partial charge in [0.15, 0.2) is 5.69 Å². The van der Waals surface area contributed by atoms with E-state index in [1.54, 1.807) is 6.20 Å². The highest BCUT2D eigenvalue weighted by atomic mass is 16.4. The van der Waals surface area contributed by atoms with Gasteiger partial charge in [-0.3, -0.25) is 0 Å². The predicted octanol–water partition coefficient (Wildman–Crippen LogP) is 1.80. The lowest BCUT2D eigenvalue weighted by Crippen LogP contribution is -2.43. The Kier molecular flexibility index (Phi) is 3.26. The summed E-state index contributed by atoms with van der Waals surface area (Å²) >= 11 is 0. The van der Waals surface area contributed by atoms with Gasteiger partial charge in [-0.25, -0.2) is 14.8 Å². The number of aromatic carboxylic acids is 1. The Hall–Kier alpha value is -1.65. The van der Waals surface area contributed by atoms with Gasteiger partial charge < -0.3 is 10.0 Å². The quantitative estimate of drug-likeness (QED) is 0.846. The number of rotatable bonds is 2. The van der Waals surface area contributed by atoms with Crippen molar-refractivity contribution in [3.05, 3.63) is 18.1 Å². The number of carboxylic acids is 1. The van der Waals surface area contributed by atoms with Crippen LogP contribution in [-0.4, -0.2) is 33.6 Å². The topological polar surface area (TPSA) is 66.3 Å². The molecule has 5 heteroatoms. The van der Waals surface area contributed by atoms with Gasteiger partial charge in [0.25, 0.3) is 0 Å². The van der Waals surface area contributed by atoms with Gasteiger partial charge in [0.1, 0.15) is 5.82 Å². The standard InChI is InChI=1S/C12H17N3O2/c1-8-4-3-5-15(9(8)2)11-7-13-10(6-14-11)12(16)17/h6-9H,3-5H2,1-2H3,(H,16,17). The van der Waals surface area contributed by atoms with E-state index in [0.717, 1.165) is 18.8 Å². The summed E-state index contributed by atoms with van der Waals surface area (Å²) in [5.41, 5.74) is -0.00791. The molecule has 1 aliphatic heterocycles. The Morgan fingerprint density at radius 1 is 1.41 bits per heavy atom. The number of carbonyl (C=O) groups is 1. The Morgan fingerprint density at radius 3 is 2.76 bits per heavy atom. The number of hydrogen-bond donors (Lipinski definition) is 1. The summed E-state index contributed by atoms with van der Waals surface area (Å²) in [6.07, 6.45) is 5.26. The van der Waals surface area contributed by atoms with Crippen LogP contribution in [0.3, 0.4) is 0 Å². The van der Waals surface area contributed by atoms with Crippen LogP contribution < -0.4 is 4.90 Å². The number of anilines is 1. The Balaban J connectivity index is 2.19. The lowest BCUT2D eigenvalue weighted by Gasteiger charge is -2.38. The summed E-state index contributed by atoms with van der Waals surface area (Å²) in [7, 11) is 0. The predicted molar refractivity (Wildman–Crippen MR) is 64.2 cm³/mol. The molecule has 1 N–H and O–H groups in total. The second-order valence-corrected chi connectivity index (χ2v) is 4.62. The van der Waals surface area contributed by atoms with E-state index in [-0.39, 0.29) is 5.69 Å². The third-order valence-corrected chi connectivity index (χ3v) is 3.53. The average Bonchev–Trinajstić information content (AvgIpc) is 2.33. The van der Waals surface area contributed by atoms with E-state index in [0.29, 0.717) is 12.0 Å². The zero-order valence-corrected chi connectivity index (χ0v) is 10.1. The molecule has 2 atom stereocenters. The molecule has 1 aromatic heterocycles. The minimum atomic E-state index is -1.04. The molecule has 0 spiro atoms. The minimum Gasteiger partial charge on any atom is -0.476 e. The van der Waals surface area contributed by atoms with E-state index in [9.17, 15) is 4.79 Å². The maximum atomic E-state index is 10.7. The summed E-state index contributed by atoms with van der Waals surface area (Å²) in [4.78, 5) is 21.0. The molecule has 2 heterocycles. The molecular formula is C12H17N3O2. The zero-order valence-electron chi connectivity index (χ0n) is 10.1. The van der Waals surface area contributed by atoms with Crippen molar-refractivity contribution in [3.63, 3.8) is 0 Å². The normalized spacial score (nSPS) is 24.7. The molecule has 2 rings (SSSR count). The summed E-state index contributed by atoms with van der Waals surface area (Å²) in [6, 6.07) is 0.425. The van der Waals surface area contributed by atoms with Gasteiger partial charge in [-0.1, -0.05) is 6.92 Å². The molecule has 0 amide bonds. The van der Waals surface area contributed by atoms with E-state index >= 15 is 0 Å². The first-order chi connectivity index (χ1) is 8.09. The third kappa shape index (κ3) is 2.38. The first kappa shape index (κ1) is 11.8. The molecule has 92 valence electrons. The van der Waals surface area contributed by atoms with Crippen LogP contribution >= 0.6 is 0 Å². The van der Waals surface area contributed by atoms with E-state index in [2.05, 4.69) is 28.7 Å². The van der Waals surface area contributed by atoms with Crippen molar-refractivity contribution >= 4 is 11.8 Å². The van der Waals surface area contributed by atoms with Gasteiger partial charge in [0.05, 0.1) is 12.4 Å². The highest BCUT2D eigenvalue weighted by molar-refractivity contribution is 5.84. The molecule has 0 saturated carbocycles. The van der Waals surface area contributed by atoms with Crippen LogP contribution in [0.15, 0.2) is 12.4 Å². The number of hydrogen-bond acceptors (Lipinski definition) is 4. The van der Waals surface area contributed by atoms with Gasteiger partial charge in [-0.15, -0.1) is 0 Å². The molecule has 2 unspecified atom stereocenters. The van der Waals surface area contributed by atoms with Crippen molar-refractivity contribution in [3.8, 4) is 0 Å². The second kappa shape index (κ2) is 4.69. The number of piperidine rings is 1. The molecule has 1 saturated heterocycles. The molecule has 0 bridgehead atoms. The highest BCUT2D eigenvalue weighted by Crippen LogP contribution is 2.26. The summed E-state index contributed by atoms with van der Waals surface area (Å²) < 4.78 is 0. The van der Waals surface area contributed by atoms with Crippen molar-refractivity contribution in [1.82, 2.24) is 9.97 Å². The molecule has 0 aliphatic carbocycles. The average molecular weight is 235 g/mol. The first-order valence-corrected chi connectivity index (χ1v) is 5.91. The van der Waals surface area contributed by atoms with Crippen molar-refractivity contribution < 1.29 is 9.90 Å². The van der Waals surface area contributed by atoms with E-state index < -0.39 is 5.97 Å². The Morgan fingerprint density at radius 2 is 2.18 bits per heavy atom. The van der Waals surface area contributed by atoms with Crippen LogP contribution in [0, 0.1) is 5.92 Å². The molecule has 0 aromatic carbocycles. The van der Waals surface area contributed by atoms with Crippen LogP contribution in [-0.2, 0) is 0 Å². The highest BCUT2D eigenvalue weighted by Gasteiger charge is 2.25. The smallest absolute Gasteiger partial charge is 0.356 e.